The number of benzene rings is 1. The van der Waals surface area contributed by atoms with E-state index >= 15 is 0 Å². The largest absolute Gasteiger partial charge is 0.491 e. The smallest absolute Gasteiger partial charge is 0.400 e. The molecule has 1 heterocycles. The zero-order valence-corrected chi connectivity index (χ0v) is 16.4. The van der Waals surface area contributed by atoms with Crippen molar-refractivity contribution in [3.05, 3.63) is 34.5 Å². The molecule has 0 unspecified atom stereocenters. The zero-order chi connectivity index (χ0) is 19.0. The third-order valence-electron chi connectivity index (χ3n) is 4.79. The summed E-state index contributed by atoms with van der Waals surface area (Å²) in [5.41, 5.74) is 7.48. The lowest BCUT2D eigenvalue weighted by Crippen LogP contribution is -2.41. The summed E-state index contributed by atoms with van der Waals surface area (Å²) < 4.78 is 25.9. The van der Waals surface area contributed by atoms with Crippen LogP contribution in [0, 0.1) is 12.7 Å². The Morgan fingerprint density at radius 1 is 1.28 bits per heavy atom. The zero-order valence-electron chi connectivity index (χ0n) is 15.6. The Hall–Kier alpha value is -1.31. The molecule has 4 nitrogen and oxygen atoms in total. The standard InChI is InChI=1S/C18H25BFNO3S/c1-11-13(8-15(20)9-16(11)21)7-14(10-25-12(2)22)19-23-17(3,4)18(5,6)24-19/h7-9H,10,21H2,1-6H3. The lowest BCUT2D eigenvalue weighted by Gasteiger charge is -2.32. The Kier molecular flexibility index (Phi) is 5.71. The van der Waals surface area contributed by atoms with Crippen LogP contribution in [0.3, 0.4) is 0 Å². The summed E-state index contributed by atoms with van der Waals surface area (Å²) in [6.45, 7) is 11.2. The summed E-state index contributed by atoms with van der Waals surface area (Å²) in [6.07, 6.45) is 1.81. The third kappa shape index (κ3) is 4.46. The highest BCUT2D eigenvalue weighted by atomic mass is 32.2. The van der Waals surface area contributed by atoms with Crippen molar-refractivity contribution < 1.29 is 18.5 Å². The van der Waals surface area contributed by atoms with E-state index in [4.69, 9.17) is 15.0 Å². The highest BCUT2D eigenvalue weighted by Gasteiger charge is 2.52. The molecule has 0 spiro atoms. The van der Waals surface area contributed by atoms with Gasteiger partial charge < -0.3 is 15.0 Å². The van der Waals surface area contributed by atoms with Crippen molar-refractivity contribution in [1.29, 1.82) is 0 Å². The molecule has 0 radical (unpaired) electrons. The molecule has 136 valence electrons. The van der Waals surface area contributed by atoms with Crippen LogP contribution in [0.1, 0.15) is 45.7 Å². The van der Waals surface area contributed by atoms with E-state index in [0.29, 0.717) is 17.0 Å². The Balaban J connectivity index is 2.42. The van der Waals surface area contributed by atoms with Gasteiger partial charge in [-0.05, 0) is 63.4 Å². The molecule has 0 bridgehead atoms. The first-order valence-corrected chi connectivity index (χ1v) is 9.16. The van der Waals surface area contributed by atoms with E-state index < -0.39 is 24.1 Å². The Morgan fingerprint density at radius 3 is 2.36 bits per heavy atom. The molecule has 0 atom stereocenters. The summed E-state index contributed by atoms with van der Waals surface area (Å²) in [7, 11) is -0.597. The van der Waals surface area contributed by atoms with Crippen LogP contribution in [0.4, 0.5) is 10.1 Å². The summed E-state index contributed by atoms with van der Waals surface area (Å²) in [5.74, 6) is 0.00371. The van der Waals surface area contributed by atoms with Crippen molar-refractivity contribution >= 4 is 35.8 Å². The Bertz CT molecular complexity index is 703. The van der Waals surface area contributed by atoms with E-state index in [1.54, 1.807) is 0 Å². The first-order valence-electron chi connectivity index (χ1n) is 8.18. The quantitative estimate of drug-likeness (QED) is 0.645. The van der Waals surface area contributed by atoms with E-state index in [1.165, 1.54) is 30.8 Å². The number of nitrogens with two attached hydrogens (primary N) is 1. The lowest BCUT2D eigenvalue weighted by molar-refractivity contribution is -0.109. The second-order valence-corrected chi connectivity index (χ2v) is 8.45. The molecule has 1 aromatic carbocycles. The van der Waals surface area contributed by atoms with Crippen LogP contribution in [0.5, 0.6) is 0 Å². The normalized spacial score (nSPS) is 19.3. The molecule has 0 amide bonds. The number of nitrogen functional groups attached to an aromatic ring is 1. The van der Waals surface area contributed by atoms with Crippen LogP contribution in [0.25, 0.3) is 6.08 Å². The fraction of sp³-hybridized carbons (Fsp3) is 0.500. The second-order valence-electron chi connectivity index (χ2n) is 7.30. The predicted octanol–water partition coefficient (Wildman–Crippen LogP) is 4.01. The van der Waals surface area contributed by atoms with Gasteiger partial charge in [0.1, 0.15) is 5.82 Å². The molecule has 1 saturated heterocycles. The highest BCUT2D eigenvalue weighted by Crippen LogP contribution is 2.39. The highest BCUT2D eigenvalue weighted by molar-refractivity contribution is 8.13. The first-order chi connectivity index (χ1) is 11.4. The fourth-order valence-electron chi connectivity index (χ4n) is 2.43. The fourth-order valence-corrected chi connectivity index (χ4v) is 3.02. The summed E-state index contributed by atoms with van der Waals surface area (Å²) in [4.78, 5) is 11.4. The molecular formula is C18H25BFNO3S. The second kappa shape index (κ2) is 7.13. The van der Waals surface area contributed by atoms with Gasteiger partial charge in [0.15, 0.2) is 5.12 Å². The van der Waals surface area contributed by atoms with Gasteiger partial charge in [-0.15, -0.1) is 0 Å². The monoisotopic (exact) mass is 365 g/mol. The molecule has 7 heteroatoms. The van der Waals surface area contributed by atoms with Gasteiger partial charge in [-0.1, -0.05) is 17.8 Å². The topological polar surface area (TPSA) is 61.6 Å². The average Bonchev–Trinajstić information content (AvgIpc) is 2.68. The van der Waals surface area contributed by atoms with Gasteiger partial charge in [0.25, 0.3) is 0 Å². The number of rotatable bonds is 4. The van der Waals surface area contributed by atoms with Gasteiger partial charge in [0.05, 0.1) is 11.2 Å². The molecule has 0 saturated carbocycles. The summed E-state index contributed by atoms with van der Waals surface area (Å²) >= 11 is 1.17. The predicted molar refractivity (Wildman–Crippen MR) is 103 cm³/mol. The maximum Gasteiger partial charge on any atom is 0.491 e. The average molecular weight is 365 g/mol. The van der Waals surface area contributed by atoms with Gasteiger partial charge in [-0.3, -0.25) is 4.79 Å². The minimum absolute atomic E-state index is 0.00195. The molecule has 1 aromatic rings. The van der Waals surface area contributed by atoms with Crippen molar-refractivity contribution in [3.63, 3.8) is 0 Å². The van der Waals surface area contributed by atoms with Gasteiger partial charge in [-0.2, -0.15) is 0 Å². The molecule has 2 N–H and O–H groups in total. The van der Waals surface area contributed by atoms with Crippen LogP contribution in [0.2, 0.25) is 0 Å². The molecular weight excluding hydrogens is 340 g/mol. The van der Waals surface area contributed by atoms with Crippen LogP contribution >= 0.6 is 11.8 Å². The minimum Gasteiger partial charge on any atom is -0.400 e. The summed E-state index contributed by atoms with van der Waals surface area (Å²) in [5, 5.41) is -0.00195. The van der Waals surface area contributed by atoms with Gasteiger partial charge in [-0.25, -0.2) is 4.39 Å². The van der Waals surface area contributed by atoms with Gasteiger partial charge in [0.2, 0.25) is 0 Å². The van der Waals surface area contributed by atoms with Crippen molar-refractivity contribution in [2.24, 2.45) is 0 Å². The Labute approximate surface area is 153 Å². The molecule has 0 aromatic heterocycles. The van der Waals surface area contributed by atoms with Gasteiger partial charge in [0, 0.05) is 18.4 Å². The summed E-state index contributed by atoms with van der Waals surface area (Å²) in [6, 6.07) is 2.72. The number of anilines is 1. The van der Waals surface area contributed by atoms with E-state index in [1.807, 2.05) is 40.7 Å². The molecule has 0 aliphatic carbocycles. The maximum absolute atomic E-state index is 13.8. The number of halogens is 1. The first kappa shape index (κ1) is 20.0. The third-order valence-corrected chi connectivity index (χ3v) is 5.68. The number of carbonyl (C=O) groups excluding carboxylic acids is 1. The number of thioether (sulfide) groups is 1. The van der Waals surface area contributed by atoms with Crippen LogP contribution in [0.15, 0.2) is 17.6 Å². The van der Waals surface area contributed by atoms with Gasteiger partial charge >= 0.3 is 7.12 Å². The molecule has 2 rings (SSSR count). The van der Waals surface area contributed by atoms with Crippen LogP contribution < -0.4 is 5.73 Å². The SMILES string of the molecule is CC(=O)SCC(=Cc1cc(F)cc(N)c1C)B1OC(C)(C)C(C)(C)O1. The molecule has 1 fully saturated rings. The molecule has 25 heavy (non-hydrogen) atoms. The van der Waals surface area contributed by atoms with Crippen molar-refractivity contribution in [1.82, 2.24) is 0 Å². The van der Waals surface area contributed by atoms with Crippen molar-refractivity contribution in [3.8, 4) is 0 Å². The van der Waals surface area contributed by atoms with Crippen LogP contribution in [-0.4, -0.2) is 29.2 Å². The maximum atomic E-state index is 13.8. The molecule has 1 aliphatic rings. The van der Waals surface area contributed by atoms with Crippen molar-refractivity contribution in [2.45, 2.75) is 52.7 Å². The van der Waals surface area contributed by atoms with E-state index in [-0.39, 0.29) is 5.12 Å². The van der Waals surface area contributed by atoms with Crippen molar-refractivity contribution in [2.75, 3.05) is 11.5 Å². The lowest BCUT2D eigenvalue weighted by atomic mass is 9.78. The van der Waals surface area contributed by atoms with E-state index in [2.05, 4.69) is 0 Å². The number of carbonyl (C=O) groups is 1. The van der Waals surface area contributed by atoms with Crippen LogP contribution in [-0.2, 0) is 14.1 Å². The number of hydrogen-bond acceptors (Lipinski definition) is 5. The molecule has 1 aliphatic heterocycles. The number of hydrogen-bond donors (Lipinski definition) is 1. The van der Waals surface area contributed by atoms with E-state index in [9.17, 15) is 9.18 Å². The minimum atomic E-state index is -0.597. The van der Waals surface area contributed by atoms with E-state index in [0.717, 1.165) is 11.0 Å². The Morgan fingerprint density at radius 2 is 1.84 bits per heavy atom.